The number of nitrogen functional groups attached to an aromatic ring is 1. The number of anilines is 1. The monoisotopic (exact) mass is 259 g/mol. The van der Waals surface area contributed by atoms with E-state index in [-0.39, 0.29) is 17.9 Å². The zero-order valence-electron chi connectivity index (χ0n) is 10.4. The summed E-state index contributed by atoms with van der Waals surface area (Å²) in [4.78, 5) is 22.4. The largest absolute Gasteiger partial charge is 0.468 e. The maximum Gasteiger partial charge on any atom is 0.327 e. The van der Waals surface area contributed by atoms with Crippen molar-refractivity contribution in [1.82, 2.24) is 9.78 Å². The van der Waals surface area contributed by atoms with Crippen LogP contribution in [0.4, 0.5) is 5.82 Å². The highest BCUT2D eigenvalue weighted by atomic mass is 16.5. The minimum Gasteiger partial charge on any atom is -0.468 e. The van der Waals surface area contributed by atoms with Gasteiger partial charge in [0.25, 0.3) is 0 Å². The third-order valence-electron chi connectivity index (χ3n) is 2.70. The number of ether oxygens (including phenoxy) is 1. The van der Waals surface area contributed by atoms with Crippen molar-refractivity contribution in [2.24, 2.45) is 0 Å². The minimum absolute atomic E-state index is 0.129. The topological polar surface area (TPSA) is 87.2 Å². The first-order chi connectivity index (χ1) is 9.17. The van der Waals surface area contributed by atoms with Crippen LogP contribution in [0.3, 0.4) is 0 Å². The molecule has 0 amide bonds. The Morgan fingerprint density at radius 2 is 2.11 bits per heavy atom. The smallest absolute Gasteiger partial charge is 0.327 e. The van der Waals surface area contributed by atoms with E-state index in [1.807, 2.05) is 30.3 Å². The summed E-state index contributed by atoms with van der Waals surface area (Å²) in [6, 6.07) is 9.16. The van der Waals surface area contributed by atoms with E-state index in [1.165, 1.54) is 11.8 Å². The first-order valence-corrected chi connectivity index (χ1v) is 5.61. The summed E-state index contributed by atoms with van der Waals surface area (Å²) in [5.74, 6) is -0.328. The predicted molar refractivity (Wildman–Crippen MR) is 69.5 cm³/mol. The average molecular weight is 259 g/mol. The summed E-state index contributed by atoms with van der Waals surface area (Å²) in [7, 11) is 1.28. The number of carbonyl (C=O) groups excluding carboxylic acids is 2. The van der Waals surface area contributed by atoms with Crippen LogP contribution in [-0.4, -0.2) is 29.1 Å². The van der Waals surface area contributed by atoms with E-state index in [2.05, 4.69) is 9.84 Å². The van der Waals surface area contributed by atoms with Gasteiger partial charge in [-0.25, -0.2) is 4.68 Å². The number of nitrogens with two attached hydrogens (primary N) is 1. The number of hydrogen-bond acceptors (Lipinski definition) is 5. The number of carbonyl (C=O) groups is 2. The van der Waals surface area contributed by atoms with Gasteiger partial charge in [-0.05, 0) is 0 Å². The Bertz CT molecular complexity index is 605. The number of esters is 1. The van der Waals surface area contributed by atoms with Gasteiger partial charge in [-0.1, -0.05) is 30.3 Å². The number of aromatic nitrogens is 2. The highest BCUT2D eigenvalue weighted by Crippen LogP contribution is 2.25. The summed E-state index contributed by atoms with van der Waals surface area (Å²) in [5.41, 5.74) is 7.31. The Labute approximate surface area is 109 Å². The predicted octanol–water partition coefficient (Wildman–Crippen LogP) is 1.12. The van der Waals surface area contributed by atoms with Crippen molar-refractivity contribution in [2.75, 3.05) is 12.8 Å². The van der Waals surface area contributed by atoms with E-state index in [9.17, 15) is 9.59 Å². The van der Waals surface area contributed by atoms with Crippen LogP contribution in [-0.2, 0) is 16.1 Å². The highest BCUT2D eigenvalue weighted by Gasteiger charge is 2.18. The average Bonchev–Trinajstić information content (AvgIpc) is 2.76. The molecule has 98 valence electrons. The molecule has 19 heavy (non-hydrogen) atoms. The minimum atomic E-state index is -0.480. The lowest BCUT2D eigenvalue weighted by Gasteiger charge is -2.01. The fourth-order valence-corrected chi connectivity index (χ4v) is 1.72. The van der Waals surface area contributed by atoms with Crippen LogP contribution in [0.25, 0.3) is 11.3 Å². The summed E-state index contributed by atoms with van der Waals surface area (Å²) >= 11 is 0. The number of aldehydes is 1. The molecular weight excluding hydrogens is 246 g/mol. The molecule has 1 aromatic carbocycles. The molecule has 0 saturated carbocycles. The highest BCUT2D eigenvalue weighted by molar-refractivity contribution is 5.91. The SMILES string of the molecule is COC(=O)Cn1nc(-c2ccccc2)c(C=O)c1N. The molecular formula is C13H13N3O3. The number of rotatable bonds is 4. The Morgan fingerprint density at radius 1 is 1.42 bits per heavy atom. The van der Waals surface area contributed by atoms with Crippen LogP contribution in [0.5, 0.6) is 0 Å². The van der Waals surface area contributed by atoms with Crippen LogP contribution in [0.2, 0.25) is 0 Å². The molecule has 1 heterocycles. The van der Waals surface area contributed by atoms with Gasteiger partial charge in [-0.15, -0.1) is 0 Å². The molecule has 1 aromatic heterocycles. The molecule has 0 spiro atoms. The quantitative estimate of drug-likeness (QED) is 0.656. The van der Waals surface area contributed by atoms with E-state index in [0.29, 0.717) is 12.0 Å². The van der Waals surface area contributed by atoms with Gasteiger partial charge in [0.1, 0.15) is 18.1 Å². The lowest BCUT2D eigenvalue weighted by molar-refractivity contribution is -0.141. The number of nitrogens with zero attached hydrogens (tertiary/aromatic N) is 2. The van der Waals surface area contributed by atoms with Gasteiger partial charge in [0, 0.05) is 5.56 Å². The summed E-state index contributed by atoms with van der Waals surface area (Å²) in [6.07, 6.45) is 0.637. The molecule has 0 radical (unpaired) electrons. The van der Waals surface area contributed by atoms with E-state index in [1.54, 1.807) is 0 Å². The van der Waals surface area contributed by atoms with Crippen LogP contribution in [0.1, 0.15) is 10.4 Å². The van der Waals surface area contributed by atoms with Crippen LogP contribution >= 0.6 is 0 Å². The summed E-state index contributed by atoms with van der Waals surface area (Å²) < 4.78 is 5.82. The van der Waals surface area contributed by atoms with Crippen molar-refractivity contribution in [2.45, 2.75) is 6.54 Å². The first-order valence-electron chi connectivity index (χ1n) is 5.61. The maximum atomic E-state index is 11.3. The normalized spacial score (nSPS) is 10.2. The van der Waals surface area contributed by atoms with E-state index < -0.39 is 5.97 Å². The van der Waals surface area contributed by atoms with Crippen molar-refractivity contribution in [3.8, 4) is 11.3 Å². The van der Waals surface area contributed by atoms with Gasteiger partial charge >= 0.3 is 5.97 Å². The Hall–Kier alpha value is -2.63. The standard InChI is InChI=1S/C13H13N3O3/c1-19-11(18)7-16-13(14)10(8-17)12(15-16)9-5-3-2-4-6-9/h2-6,8H,7,14H2,1H3. The van der Waals surface area contributed by atoms with Gasteiger partial charge in [-0.2, -0.15) is 5.10 Å². The Kier molecular flexibility index (Phi) is 3.61. The second-order valence-corrected chi connectivity index (χ2v) is 3.87. The van der Waals surface area contributed by atoms with Gasteiger partial charge in [0.15, 0.2) is 6.29 Å². The van der Waals surface area contributed by atoms with Crippen LogP contribution in [0.15, 0.2) is 30.3 Å². The molecule has 0 bridgehead atoms. The molecule has 6 nitrogen and oxygen atoms in total. The number of methoxy groups -OCH3 is 1. The fraction of sp³-hybridized carbons (Fsp3) is 0.154. The molecule has 2 N–H and O–H groups in total. The van der Waals surface area contributed by atoms with Crippen molar-refractivity contribution in [1.29, 1.82) is 0 Å². The number of benzene rings is 1. The Balaban J connectivity index is 2.48. The molecule has 0 fully saturated rings. The van der Waals surface area contributed by atoms with Gasteiger partial charge in [0.05, 0.1) is 12.7 Å². The third kappa shape index (κ3) is 2.47. The maximum absolute atomic E-state index is 11.3. The van der Waals surface area contributed by atoms with E-state index in [4.69, 9.17) is 5.73 Å². The third-order valence-corrected chi connectivity index (χ3v) is 2.70. The second kappa shape index (κ2) is 5.34. The summed E-state index contributed by atoms with van der Waals surface area (Å²) in [5, 5.41) is 4.20. The molecule has 2 rings (SSSR count). The van der Waals surface area contributed by atoms with E-state index >= 15 is 0 Å². The van der Waals surface area contributed by atoms with Crippen molar-refractivity contribution >= 4 is 18.1 Å². The fourth-order valence-electron chi connectivity index (χ4n) is 1.72. The van der Waals surface area contributed by atoms with Gasteiger partial charge < -0.3 is 10.5 Å². The van der Waals surface area contributed by atoms with Gasteiger partial charge in [-0.3, -0.25) is 9.59 Å². The van der Waals surface area contributed by atoms with Crippen molar-refractivity contribution in [3.63, 3.8) is 0 Å². The zero-order valence-corrected chi connectivity index (χ0v) is 10.4. The van der Waals surface area contributed by atoms with E-state index in [0.717, 1.165) is 5.56 Å². The van der Waals surface area contributed by atoms with Gasteiger partial charge in [0.2, 0.25) is 0 Å². The summed E-state index contributed by atoms with van der Waals surface area (Å²) in [6.45, 7) is -0.129. The van der Waals surface area contributed by atoms with Crippen molar-refractivity contribution in [3.05, 3.63) is 35.9 Å². The molecule has 2 aromatic rings. The zero-order chi connectivity index (χ0) is 13.8. The molecule has 0 aliphatic heterocycles. The lowest BCUT2D eigenvalue weighted by Crippen LogP contribution is -2.14. The van der Waals surface area contributed by atoms with Crippen LogP contribution < -0.4 is 5.73 Å². The number of hydrogen-bond donors (Lipinski definition) is 1. The second-order valence-electron chi connectivity index (χ2n) is 3.87. The molecule has 0 aliphatic carbocycles. The molecule has 0 aliphatic rings. The molecule has 6 heteroatoms. The van der Waals surface area contributed by atoms with Crippen LogP contribution in [0, 0.1) is 0 Å². The Morgan fingerprint density at radius 3 is 2.68 bits per heavy atom. The first kappa shape index (κ1) is 12.8. The lowest BCUT2D eigenvalue weighted by atomic mass is 10.1. The molecule has 0 unspecified atom stereocenters. The van der Waals surface area contributed by atoms with Crippen molar-refractivity contribution < 1.29 is 14.3 Å². The molecule has 0 saturated heterocycles. The molecule has 0 atom stereocenters.